The first-order valence-electron chi connectivity index (χ1n) is 11.3. The summed E-state index contributed by atoms with van der Waals surface area (Å²) >= 11 is 0. The zero-order valence-electron chi connectivity index (χ0n) is 18.8. The number of aromatic nitrogens is 1. The minimum absolute atomic E-state index is 0.233. The van der Waals surface area contributed by atoms with Gasteiger partial charge in [-0.15, -0.1) is 0 Å². The first-order valence-corrected chi connectivity index (χ1v) is 11.3. The fourth-order valence-corrected chi connectivity index (χ4v) is 4.15. The number of esters is 1. The van der Waals surface area contributed by atoms with Crippen LogP contribution in [-0.4, -0.2) is 23.3 Å². The molecule has 0 radical (unpaired) electrons. The number of carbonyl (C=O) groups excluding carboxylic acids is 2. The molecular formula is C30H23NO3. The van der Waals surface area contributed by atoms with Gasteiger partial charge >= 0.3 is 5.97 Å². The number of para-hydroxylation sites is 1. The summed E-state index contributed by atoms with van der Waals surface area (Å²) in [6.07, 6.45) is 0.900. The van der Waals surface area contributed by atoms with Crippen LogP contribution in [0.2, 0.25) is 0 Å². The Kier molecular flexibility index (Phi) is 5.88. The Hall–Kier alpha value is -4.31. The molecule has 0 atom stereocenters. The molecule has 0 aliphatic carbocycles. The van der Waals surface area contributed by atoms with Crippen LogP contribution in [0.15, 0.2) is 97.1 Å². The van der Waals surface area contributed by atoms with Crippen LogP contribution in [0.3, 0.4) is 0 Å². The number of benzene rings is 4. The first kappa shape index (κ1) is 21.5. The molecule has 0 aliphatic rings. The number of carbonyl (C=O) groups is 2. The van der Waals surface area contributed by atoms with Gasteiger partial charge in [-0.05, 0) is 34.9 Å². The van der Waals surface area contributed by atoms with Crippen molar-refractivity contribution in [3.05, 3.63) is 114 Å². The second-order valence-electron chi connectivity index (χ2n) is 8.15. The van der Waals surface area contributed by atoms with Crippen molar-refractivity contribution in [3.8, 4) is 11.3 Å². The van der Waals surface area contributed by atoms with Crippen molar-refractivity contribution in [3.63, 3.8) is 0 Å². The highest BCUT2D eigenvalue weighted by Crippen LogP contribution is 2.30. The molecule has 34 heavy (non-hydrogen) atoms. The van der Waals surface area contributed by atoms with Crippen molar-refractivity contribution in [1.82, 2.24) is 4.98 Å². The molecule has 5 rings (SSSR count). The van der Waals surface area contributed by atoms with Gasteiger partial charge in [0, 0.05) is 16.5 Å². The lowest BCUT2D eigenvalue weighted by Crippen LogP contribution is -2.15. The first-order chi connectivity index (χ1) is 16.6. The Bertz CT molecular complexity index is 1510. The Labute approximate surface area is 197 Å². The van der Waals surface area contributed by atoms with E-state index in [9.17, 15) is 9.59 Å². The summed E-state index contributed by atoms with van der Waals surface area (Å²) in [5.41, 5.74) is 4.39. The number of Topliss-reactive ketones (excluding diaryl/α,β-unsaturated/α-hetero) is 1. The normalized spacial score (nSPS) is 11.0. The highest BCUT2D eigenvalue weighted by atomic mass is 16.5. The standard InChI is InChI=1S/C30H23NO3/c1-2-20-14-16-22(17-15-20)29(32)19-34-30(33)26-18-28(31-27-13-6-5-11-25(26)27)24-12-7-9-21-8-3-4-10-23(21)24/h3-18H,2,19H2,1H3. The Morgan fingerprint density at radius 1 is 0.794 bits per heavy atom. The molecule has 0 N–H and O–H groups in total. The van der Waals surface area contributed by atoms with E-state index < -0.39 is 5.97 Å². The molecule has 1 aromatic heterocycles. The van der Waals surface area contributed by atoms with Crippen molar-refractivity contribution < 1.29 is 14.3 Å². The maximum absolute atomic E-state index is 13.1. The van der Waals surface area contributed by atoms with Crippen LogP contribution in [0, 0.1) is 0 Å². The van der Waals surface area contributed by atoms with E-state index in [4.69, 9.17) is 9.72 Å². The topological polar surface area (TPSA) is 56.3 Å². The van der Waals surface area contributed by atoms with Gasteiger partial charge in [-0.2, -0.15) is 0 Å². The number of ether oxygens (including phenoxy) is 1. The van der Waals surface area contributed by atoms with Crippen LogP contribution in [-0.2, 0) is 11.2 Å². The fraction of sp³-hybridized carbons (Fsp3) is 0.100. The number of hydrogen-bond acceptors (Lipinski definition) is 4. The second kappa shape index (κ2) is 9.28. The van der Waals surface area contributed by atoms with Gasteiger partial charge < -0.3 is 4.74 Å². The summed E-state index contributed by atoms with van der Waals surface area (Å²) < 4.78 is 5.47. The molecule has 0 unspecified atom stereocenters. The summed E-state index contributed by atoms with van der Waals surface area (Å²) in [6.45, 7) is 1.74. The van der Waals surface area contributed by atoms with Crippen LogP contribution < -0.4 is 0 Å². The minimum Gasteiger partial charge on any atom is -0.454 e. The molecule has 0 aliphatic heterocycles. The largest absolute Gasteiger partial charge is 0.454 e. The van der Waals surface area contributed by atoms with Crippen molar-refractivity contribution in [2.45, 2.75) is 13.3 Å². The predicted molar refractivity (Wildman–Crippen MR) is 135 cm³/mol. The number of nitrogens with zero attached hydrogens (tertiary/aromatic N) is 1. The van der Waals surface area contributed by atoms with E-state index in [2.05, 4.69) is 6.92 Å². The molecular weight excluding hydrogens is 422 g/mol. The average molecular weight is 446 g/mol. The number of pyridine rings is 1. The SMILES string of the molecule is CCc1ccc(C(=O)COC(=O)c2cc(-c3cccc4ccccc34)nc3ccccc23)cc1. The molecule has 4 heteroatoms. The minimum atomic E-state index is -0.543. The number of fused-ring (bicyclic) bond motifs is 2. The molecule has 5 aromatic rings. The number of ketones is 1. The van der Waals surface area contributed by atoms with Gasteiger partial charge in [0.15, 0.2) is 12.4 Å². The maximum Gasteiger partial charge on any atom is 0.339 e. The van der Waals surface area contributed by atoms with E-state index in [0.717, 1.165) is 28.3 Å². The lowest BCUT2D eigenvalue weighted by molar-refractivity contribution is 0.0476. The summed E-state index contributed by atoms with van der Waals surface area (Å²) in [4.78, 5) is 30.6. The Morgan fingerprint density at radius 3 is 2.29 bits per heavy atom. The molecule has 0 bridgehead atoms. The van der Waals surface area contributed by atoms with E-state index in [0.29, 0.717) is 27.7 Å². The van der Waals surface area contributed by atoms with Crippen LogP contribution >= 0.6 is 0 Å². The van der Waals surface area contributed by atoms with E-state index in [1.807, 2.05) is 78.9 Å². The molecule has 4 aromatic carbocycles. The third-order valence-corrected chi connectivity index (χ3v) is 6.02. The van der Waals surface area contributed by atoms with Gasteiger partial charge in [-0.1, -0.05) is 91.9 Å². The Morgan fingerprint density at radius 2 is 1.50 bits per heavy atom. The zero-order chi connectivity index (χ0) is 23.5. The summed E-state index contributed by atoms with van der Waals surface area (Å²) in [5, 5.41) is 2.84. The second-order valence-corrected chi connectivity index (χ2v) is 8.15. The average Bonchev–Trinajstić information content (AvgIpc) is 2.90. The number of hydrogen-bond donors (Lipinski definition) is 0. The summed E-state index contributed by atoms with van der Waals surface area (Å²) in [5.74, 6) is -0.776. The van der Waals surface area contributed by atoms with Crippen LogP contribution in [0.25, 0.3) is 32.9 Å². The highest BCUT2D eigenvalue weighted by Gasteiger charge is 2.18. The van der Waals surface area contributed by atoms with Gasteiger partial charge in [-0.3, -0.25) is 4.79 Å². The molecule has 0 spiro atoms. The lowest BCUT2D eigenvalue weighted by atomic mass is 9.99. The summed E-state index contributed by atoms with van der Waals surface area (Å²) in [6, 6.07) is 30.7. The van der Waals surface area contributed by atoms with Crippen molar-refractivity contribution >= 4 is 33.4 Å². The van der Waals surface area contributed by atoms with Gasteiger partial charge in [0.1, 0.15) is 0 Å². The van der Waals surface area contributed by atoms with Crippen LogP contribution in [0.1, 0.15) is 33.2 Å². The molecule has 0 fully saturated rings. The monoisotopic (exact) mass is 445 g/mol. The van der Waals surface area contributed by atoms with Gasteiger partial charge in [0.05, 0.1) is 16.8 Å². The van der Waals surface area contributed by atoms with E-state index in [-0.39, 0.29) is 12.4 Å². The molecule has 0 amide bonds. The van der Waals surface area contributed by atoms with E-state index in [1.165, 1.54) is 0 Å². The molecule has 4 nitrogen and oxygen atoms in total. The lowest BCUT2D eigenvalue weighted by Gasteiger charge is -2.11. The molecule has 166 valence electrons. The van der Waals surface area contributed by atoms with Crippen molar-refractivity contribution in [2.24, 2.45) is 0 Å². The van der Waals surface area contributed by atoms with E-state index >= 15 is 0 Å². The third-order valence-electron chi connectivity index (χ3n) is 6.02. The molecule has 1 heterocycles. The molecule has 0 saturated heterocycles. The zero-order valence-corrected chi connectivity index (χ0v) is 18.8. The van der Waals surface area contributed by atoms with Gasteiger partial charge in [-0.25, -0.2) is 9.78 Å². The summed E-state index contributed by atoms with van der Waals surface area (Å²) in [7, 11) is 0. The van der Waals surface area contributed by atoms with Crippen molar-refractivity contribution in [2.75, 3.05) is 6.61 Å². The number of aryl methyl sites for hydroxylation is 1. The van der Waals surface area contributed by atoms with E-state index in [1.54, 1.807) is 18.2 Å². The number of rotatable bonds is 6. The molecule has 0 saturated carbocycles. The van der Waals surface area contributed by atoms with Crippen LogP contribution in [0.4, 0.5) is 0 Å². The fourth-order valence-electron chi connectivity index (χ4n) is 4.15. The van der Waals surface area contributed by atoms with Gasteiger partial charge in [0.2, 0.25) is 0 Å². The highest BCUT2D eigenvalue weighted by molar-refractivity contribution is 6.07. The predicted octanol–water partition coefficient (Wildman–Crippen LogP) is 6.66. The smallest absolute Gasteiger partial charge is 0.339 e. The Balaban J connectivity index is 1.48. The van der Waals surface area contributed by atoms with Crippen LogP contribution in [0.5, 0.6) is 0 Å². The third kappa shape index (κ3) is 4.18. The van der Waals surface area contributed by atoms with Gasteiger partial charge in [0.25, 0.3) is 0 Å². The van der Waals surface area contributed by atoms with Crippen molar-refractivity contribution in [1.29, 1.82) is 0 Å². The quantitative estimate of drug-likeness (QED) is 0.217. The maximum atomic E-state index is 13.1.